The molecule has 4 nitrogen and oxygen atoms in total. The second-order valence-corrected chi connectivity index (χ2v) is 6.83. The molecule has 3 rings (SSSR count). The lowest BCUT2D eigenvalue weighted by Gasteiger charge is -2.22. The first kappa shape index (κ1) is 14.6. The number of rotatable bonds is 5. The van der Waals surface area contributed by atoms with Gasteiger partial charge in [0.1, 0.15) is 11.3 Å². The number of thioether (sulfide) groups is 1. The quantitative estimate of drug-likeness (QED) is 0.918. The third-order valence-corrected chi connectivity index (χ3v) is 5.06. The van der Waals surface area contributed by atoms with Crippen LogP contribution < -0.4 is 10.5 Å². The lowest BCUT2D eigenvalue weighted by Crippen LogP contribution is -2.17. The van der Waals surface area contributed by atoms with E-state index in [1.807, 2.05) is 12.1 Å². The minimum absolute atomic E-state index is 0.607. The van der Waals surface area contributed by atoms with Gasteiger partial charge in [0.05, 0.1) is 12.1 Å². The SMILES string of the molecule is CCCOc1cccc2c1nc(N)n2CC1CCSCC1. The molecule has 1 aliphatic rings. The lowest BCUT2D eigenvalue weighted by molar-refractivity contribution is 0.320. The van der Waals surface area contributed by atoms with Gasteiger partial charge in [0, 0.05) is 6.54 Å². The van der Waals surface area contributed by atoms with Crippen molar-refractivity contribution in [2.24, 2.45) is 5.92 Å². The van der Waals surface area contributed by atoms with E-state index in [4.69, 9.17) is 10.5 Å². The van der Waals surface area contributed by atoms with Crippen molar-refractivity contribution in [3.63, 3.8) is 0 Å². The zero-order valence-electron chi connectivity index (χ0n) is 12.5. The molecule has 1 aliphatic heterocycles. The van der Waals surface area contributed by atoms with E-state index in [-0.39, 0.29) is 0 Å². The van der Waals surface area contributed by atoms with Gasteiger partial charge in [-0.05, 0) is 48.8 Å². The second-order valence-electron chi connectivity index (χ2n) is 5.61. The maximum Gasteiger partial charge on any atom is 0.201 e. The zero-order valence-corrected chi connectivity index (χ0v) is 13.4. The summed E-state index contributed by atoms with van der Waals surface area (Å²) in [6, 6.07) is 6.10. The van der Waals surface area contributed by atoms with Crippen molar-refractivity contribution >= 4 is 28.7 Å². The molecule has 1 aromatic carbocycles. The maximum absolute atomic E-state index is 6.16. The Bertz CT molecular complexity index is 605. The molecule has 5 heteroatoms. The van der Waals surface area contributed by atoms with Crippen molar-refractivity contribution in [3.05, 3.63) is 18.2 Å². The van der Waals surface area contributed by atoms with Crippen molar-refractivity contribution in [1.29, 1.82) is 0 Å². The van der Waals surface area contributed by atoms with E-state index < -0.39 is 0 Å². The summed E-state index contributed by atoms with van der Waals surface area (Å²) in [5, 5.41) is 0. The minimum atomic E-state index is 0.607. The molecule has 0 radical (unpaired) electrons. The number of para-hydroxylation sites is 1. The predicted molar refractivity (Wildman–Crippen MR) is 90.0 cm³/mol. The van der Waals surface area contributed by atoms with Gasteiger partial charge in [0.15, 0.2) is 0 Å². The van der Waals surface area contributed by atoms with Crippen LogP contribution in [0.2, 0.25) is 0 Å². The fraction of sp³-hybridized carbons (Fsp3) is 0.562. The number of imidazole rings is 1. The van der Waals surface area contributed by atoms with Crippen LogP contribution in [0.5, 0.6) is 5.75 Å². The molecule has 0 atom stereocenters. The van der Waals surface area contributed by atoms with Gasteiger partial charge >= 0.3 is 0 Å². The number of nitrogens with zero attached hydrogens (tertiary/aromatic N) is 2. The van der Waals surface area contributed by atoms with Gasteiger partial charge in [-0.3, -0.25) is 0 Å². The van der Waals surface area contributed by atoms with Crippen LogP contribution >= 0.6 is 11.8 Å². The molecule has 2 heterocycles. The molecule has 0 unspecified atom stereocenters. The smallest absolute Gasteiger partial charge is 0.201 e. The summed E-state index contributed by atoms with van der Waals surface area (Å²) in [5.74, 6) is 4.70. The van der Waals surface area contributed by atoms with Crippen LogP contribution in [0.25, 0.3) is 11.0 Å². The Morgan fingerprint density at radius 3 is 2.95 bits per heavy atom. The summed E-state index contributed by atoms with van der Waals surface area (Å²) in [5.41, 5.74) is 8.15. The number of ether oxygens (including phenoxy) is 1. The van der Waals surface area contributed by atoms with Gasteiger partial charge in [-0.25, -0.2) is 4.98 Å². The van der Waals surface area contributed by atoms with Gasteiger partial charge in [-0.1, -0.05) is 13.0 Å². The van der Waals surface area contributed by atoms with Crippen LogP contribution in [-0.2, 0) is 6.54 Å². The van der Waals surface area contributed by atoms with Crippen molar-refractivity contribution in [2.45, 2.75) is 32.7 Å². The summed E-state index contributed by atoms with van der Waals surface area (Å²) in [4.78, 5) is 4.54. The largest absolute Gasteiger partial charge is 0.491 e. The molecular weight excluding hydrogens is 282 g/mol. The van der Waals surface area contributed by atoms with Crippen LogP contribution in [0.4, 0.5) is 5.95 Å². The maximum atomic E-state index is 6.16. The van der Waals surface area contributed by atoms with E-state index >= 15 is 0 Å². The Hall–Kier alpha value is -1.36. The summed E-state index contributed by atoms with van der Waals surface area (Å²) >= 11 is 2.05. The highest BCUT2D eigenvalue weighted by molar-refractivity contribution is 7.99. The van der Waals surface area contributed by atoms with Crippen LogP contribution in [0, 0.1) is 5.92 Å². The molecular formula is C16H23N3OS. The zero-order chi connectivity index (χ0) is 14.7. The van der Waals surface area contributed by atoms with Crippen molar-refractivity contribution in [2.75, 3.05) is 23.8 Å². The van der Waals surface area contributed by atoms with E-state index in [0.717, 1.165) is 29.7 Å². The van der Waals surface area contributed by atoms with Gasteiger partial charge < -0.3 is 15.0 Å². The fourth-order valence-electron chi connectivity index (χ4n) is 2.85. The summed E-state index contributed by atoms with van der Waals surface area (Å²) in [6.45, 7) is 3.79. The molecule has 0 spiro atoms. The summed E-state index contributed by atoms with van der Waals surface area (Å²) in [7, 11) is 0. The van der Waals surface area contributed by atoms with Crippen molar-refractivity contribution in [3.8, 4) is 5.75 Å². The monoisotopic (exact) mass is 305 g/mol. The molecule has 0 saturated carbocycles. The first-order valence-corrected chi connectivity index (χ1v) is 8.90. The highest BCUT2D eigenvalue weighted by Crippen LogP contribution is 2.30. The number of benzene rings is 1. The Morgan fingerprint density at radius 2 is 2.19 bits per heavy atom. The highest BCUT2D eigenvalue weighted by Gasteiger charge is 2.18. The molecule has 21 heavy (non-hydrogen) atoms. The van der Waals surface area contributed by atoms with Gasteiger partial charge in [-0.2, -0.15) is 11.8 Å². The molecule has 0 aliphatic carbocycles. The van der Waals surface area contributed by atoms with Crippen LogP contribution in [0.15, 0.2) is 18.2 Å². The lowest BCUT2D eigenvalue weighted by atomic mass is 10.0. The Balaban J connectivity index is 1.89. The molecule has 1 fully saturated rings. The standard InChI is InChI=1S/C16H23N3OS/c1-2-8-20-14-5-3-4-13-15(14)18-16(17)19(13)11-12-6-9-21-10-7-12/h3-5,12H,2,6-11H2,1H3,(H2,17,18). The van der Waals surface area contributed by atoms with Crippen LogP contribution in [0.3, 0.4) is 0 Å². The van der Waals surface area contributed by atoms with Crippen LogP contribution in [-0.4, -0.2) is 27.7 Å². The molecule has 1 aromatic heterocycles. The van der Waals surface area contributed by atoms with E-state index in [1.165, 1.54) is 24.3 Å². The molecule has 1 saturated heterocycles. The number of hydrogen-bond acceptors (Lipinski definition) is 4. The first-order valence-electron chi connectivity index (χ1n) is 7.75. The fourth-order valence-corrected chi connectivity index (χ4v) is 4.05. The molecule has 114 valence electrons. The number of hydrogen-bond donors (Lipinski definition) is 1. The number of nitrogen functional groups attached to an aromatic ring is 1. The average Bonchev–Trinajstić information content (AvgIpc) is 2.83. The average molecular weight is 305 g/mol. The number of fused-ring (bicyclic) bond motifs is 1. The molecule has 2 N–H and O–H groups in total. The van der Waals surface area contributed by atoms with Gasteiger partial charge in [-0.15, -0.1) is 0 Å². The Kier molecular flexibility index (Phi) is 4.58. The molecule has 2 aromatic rings. The number of anilines is 1. The van der Waals surface area contributed by atoms with Crippen molar-refractivity contribution in [1.82, 2.24) is 9.55 Å². The van der Waals surface area contributed by atoms with E-state index in [2.05, 4.69) is 34.3 Å². The highest BCUT2D eigenvalue weighted by atomic mass is 32.2. The topological polar surface area (TPSA) is 53.1 Å². The van der Waals surface area contributed by atoms with Crippen LogP contribution in [0.1, 0.15) is 26.2 Å². The number of aromatic nitrogens is 2. The predicted octanol–water partition coefficient (Wildman–Crippen LogP) is 3.55. The molecule has 0 bridgehead atoms. The first-order chi connectivity index (χ1) is 10.3. The van der Waals surface area contributed by atoms with E-state index in [9.17, 15) is 0 Å². The van der Waals surface area contributed by atoms with Crippen molar-refractivity contribution < 1.29 is 4.74 Å². The number of nitrogens with two attached hydrogens (primary N) is 1. The Labute approximate surface area is 130 Å². The second kappa shape index (κ2) is 6.60. The third-order valence-electron chi connectivity index (χ3n) is 4.01. The van der Waals surface area contributed by atoms with Gasteiger partial charge in [0.2, 0.25) is 5.95 Å². The Morgan fingerprint density at radius 1 is 1.38 bits per heavy atom. The third kappa shape index (κ3) is 3.12. The summed E-state index contributed by atoms with van der Waals surface area (Å²) in [6.07, 6.45) is 3.54. The molecule has 0 amide bonds. The minimum Gasteiger partial charge on any atom is -0.491 e. The summed E-state index contributed by atoms with van der Waals surface area (Å²) < 4.78 is 7.95. The van der Waals surface area contributed by atoms with Gasteiger partial charge in [0.25, 0.3) is 0 Å². The normalized spacial score (nSPS) is 16.4. The van der Waals surface area contributed by atoms with E-state index in [1.54, 1.807) is 0 Å². The van der Waals surface area contributed by atoms with E-state index in [0.29, 0.717) is 18.5 Å².